The summed E-state index contributed by atoms with van der Waals surface area (Å²) in [6, 6.07) is 0. The fourth-order valence-electron chi connectivity index (χ4n) is 1.93. The van der Waals surface area contributed by atoms with Crippen LogP contribution >= 0.6 is 11.3 Å². The number of fused-ring (bicyclic) bond motifs is 1. The van der Waals surface area contributed by atoms with Crippen molar-refractivity contribution in [1.29, 1.82) is 0 Å². The lowest BCUT2D eigenvalue weighted by Crippen LogP contribution is -2.29. The summed E-state index contributed by atoms with van der Waals surface area (Å²) in [7, 11) is 0. The van der Waals surface area contributed by atoms with Crippen molar-refractivity contribution in [2.45, 2.75) is 26.2 Å². The monoisotopic (exact) mass is 225 g/mol. The van der Waals surface area contributed by atoms with Gasteiger partial charge in [0.15, 0.2) is 5.13 Å². The molecule has 2 rings (SSSR count). The minimum atomic E-state index is 0.0459. The molecule has 0 saturated heterocycles. The Morgan fingerprint density at radius 1 is 1.73 bits per heavy atom. The van der Waals surface area contributed by atoms with Crippen LogP contribution in [0.2, 0.25) is 0 Å². The predicted octanol–water partition coefficient (Wildman–Crippen LogP) is 0.966. The maximum absolute atomic E-state index is 10.8. The number of carbonyl (C=O) groups excluding carboxylic acids is 1. The third-order valence-corrected chi connectivity index (χ3v) is 3.65. The topological polar surface area (TPSA) is 68.0 Å². The van der Waals surface area contributed by atoms with Crippen molar-refractivity contribution in [2.75, 3.05) is 12.3 Å². The molecule has 1 aromatic rings. The van der Waals surface area contributed by atoms with Gasteiger partial charge in [-0.1, -0.05) is 0 Å². The van der Waals surface area contributed by atoms with Gasteiger partial charge >= 0.3 is 0 Å². The second-order valence-corrected chi connectivity index (χ2v) is 5.08. The van der Waals surface area contributed by atoms with Gasteiger partial charge in [0.25, 0.3) is 0 Å². The smallest absolute Gasteiger partial charge is 0.216 e. The highest BCUT2D eigenvalue weighted by Crippen LogP contribution is 2.30. The highest BCUT2D eigenvalue weighted by atomic mass is 32.1. The highest BCUT2D eigenvalue weighted by molar-refractivity contribution is 7.15. The molecule has 1 unspecified atom stereocenters. The molecule has 0 aromatic carbocycles. The normalized spacial score (nSPS) is 19.7. The number of rotatable bonds is 2. The lowest BCUT2D eigenvalue weighted by molar-refractivity contribution is -0.119. The van der Waals surface area contributed by atoms with E-state index in [1.54, 1.807) is 18.3 Å². The summed E-state index contributed by atoms with van der Waals surface area (Å²) in [5.74, 6) is 0.589. The van der Waals surface area contributed by atoms with Crippen LogP contribution in [-0.2, 0) is 17.6 Å². The molecule has 0 radical (unpaired) electrons. The summed E-state index contributed by atoms with van der Waals surface area (Å²) < 4.78 is 0. The van der Waals surface area contributed by atoms with Crippen LogP contribution in [0.4, 0.5) is 5.13 Å². The molecule has 0 aliphatic heterocycles. The molecule has 0 saturated carbocycles. The zero-order valence-electron chi connectivity index (χ0n) is 8.75. The molecule has 1 aliphatic rings. The van der Waals surface area contributed by atoms with Gasteiger partial charge in [0.1, 0.15) is 0 Å². The van der Waals surface area contributed by atoms with Gasteiger partial charge in [0, 0.05) is 18.3 Å². The van der Waals surface area contributed by atoms with Crippen LogP contribution in [0.1, 0.15) is 23.9 Å². The highest BCUT2D eigenvalue weighted by Gasteiger charge is 2.21. The number of amides is 1. The van der Waals surface area contributed by atoms with E-state index in [0.29, 0.717) is 11.0 Å². The van der Waals surface area contributed by atoms with Gasteiger partial charge in [0.2, 0.25) is 5.91 Å². The Bertz CT molecular complexity index is 375. The Morgan fingerprint density at radius 3 is 3.27 bits per heavy atom. The number of aryl methyl sites for hydroxylation is 1. The molecule has 82 valence electrons. The average Bonchev–Trinajstić information content (AvgIpc) is 2.53. The van der Waals surface area contributed by atoms with Crippen molar-refractivity contribution in [3.63, 3.8) is 0 Å². The maximum atomic E-state index is 10.8. The van der Waals surface area contributed by atoms with Gasteiger partial charge < -0.3 is 11.1 Å². The molecule has 1 heterocycles. The number of thiazole rings is 1. The molecular formula is C10H15N3OS. The van der Waals surface area contributed by atoms with E-state index in [0.717, 1.165) is 31.5 Å². The Hall–Kier alpha value is -1.10. The molecule has 15 heavy (non-hydrogen) atoms. The van der Waals surface area contributed by atoms with Crippen LogP contribution in [0.15, 0.2) is 0 Å². The first-order chi connectivity index (χ1) is 7.15. The first-order valence-electron chi connectivity index (χ1n) is 5.13. The van der Waals surface area contributed by atoms with Gasteiger partial charge in [-0.3, -0.25) is 4.79 Å². The summed E-state index contributed by atoms with van der Waals surface area (Å²) in [6.07, 6.45) is 3.09. The van der Waals surface area contributed by atoms with Crippen molar-refractivity contribution in [3.8, 4) is 0 Å². The second-order valence-electron chi connectivity index (χ2n) is 3.97. The largest absolute Gasteiger partial charge is 0.375 e. The number of nitrogens with zero attached hydrogens (tertiary/aromatic N) is 1. The van der Waals surface area contributed by atoms with E-state index in [1.165, 1.54) is 4.88 Å². The van der Waals surface area contributed by atoms with E-state index in [1.807, 2.05) is 0 Å². The summed E-state index contributed by atoms with van der Waals surface area (Å²) in [4.78, 5) is 16.4. The zero-order valence-corrected chi connectivity index (χ0v) is 9.56. The number of aromatic nitrogens is 1. The molecule has 5 heteroatoms. The van der Waals surface area contributed by atoms with E-state index in [9.17, 15) is 4.79 Å². The Morgan fingerprint density at radius 2 is 2.53 bits per heavy atom. The van der Waals surface area contributed by atoms with Crippen LogP contribution in [0.25, 0.3) is 0 Å². The van der Waals surface area contributed by atoms with Gasteiger partial charge in [-0.25, -0.2) is 4.98 Å². The first kappa shape index (κ1) is 10.4. The fourth-order valence-corrected chi connectivity index (χ4v) is 2.92. The molecule has 0 spiro atoms. The molecule has 1 amide bonds. The maximum Gasteiger partial charge on any atom is 0.216 e. The number of anilines is 1. The quantitative estimate of drug-likeness (QED) is 0.788. The van der Waals surface area contributed by atoms with E-state index in [-0.39, 0.29) is 5.91 Å². The van der Waals surface area contributed by atoms with Crippen molar-refractivity contribution < 1.29 is 4.79 Å². The Labute approximate surface area is 92.9 Å². The number of hydrogen-bond acceptors (Lipinski definition) is 4. The van der Waals surface area contributed by atoms with Crippen LogP contribution in [0.3, 0.4) is 0 Å². The van der Waals surface area contributed by atoms with E-state index < -0.39 is 0 Å². The number of carbonyl (C=O) groups is 1. The van der Waals surface area contributed by atoms with E-state index in [2.05, 4.69) is 10.3 Å². The van der Waals surface area contributed by atoms with E-state index >= 15 is 0 Å². The molecule has 0 bridgehead atoms. The predicted molar refractivity (Wildman–Crippen MR) is 60.7 cm³/mol. The molecule has 4 nitrogen and oxygen atoms in total. The van der Waals surface area contributed by atoms with Crippen LogP contribution in [-0.4, -0.2) is 17.4 Å². The minimum Gasteiger partial charge on any atom is -0.375 e. The molecule has 1 aliphatic carbocycles. The zero-order chi connectivity index (χ0) is 10.8. The third kappa shape index (κ3) is 2.47. The molecule has 0 fully saturated rings. The molecular weight excluding hydrogens is 210 g/mol. The standard InChI is InChI=1S/C10H15N3OS/c1-6(14)12-5-7-2-3-8-9(4-7)15-10(11)13-8/h7H,2-5H2,1H3,(H2,11,13)(H,12,14). The Kier molecular flexibility index (Phi) is 2.90. The summed E-state index contributed by atoms with van der Waals surface area (Å²) >= 11 is 1.58. The summed E-state index contributed by atoms with van der Waals surface area (Å²) in [5.41, 5.74) is 6.83. The van der Waals surface area contributed by atoms with Crippen molar-refractivity contribution in [1.82, 2.24) is 10.3 Å². The minimum absolute atomic E-state index is 0.0459. The molecule has 1 aromatic heterocycles. The number of nitrogens with one attached hydrogen (secondary N) is 1. The summed E-state index contributed by atoms with van der Waals surface area (Å²) in [5, 5.41) is 3.53. The number of nitrogens with two attached hydrogens (primary N) is 1. The van der Waals surface area contributed by atoms with E-state index in [4.69, 9.17) is 5.73 Å². The Balaban J connectivity index is 1.96. The molecule has 1 atom stereocenters. The summed E-state index contributed by atoms with van der Waals surface area (Å²) in [6.45, 7) is 2.32. The fraction of sp³-hybridized carbons (Fsp3) is 0.600. The van der Waals surface area contributed by atoms with Gasteiger partial charge in [-0.2, -0.15) is 0 Å². The lowest BCUT2D eigenvalue weighted by Gasteiger charge is -2.20. The van der Waals surface area contributed by atoms with Crippen LogP contribution in [0, 0.1) is 5.92 Å². The first-order valence-corrected chi connectivity index (χ1v) is 5.95. The number of nitrogen functional groups attached to an aromatic ring is 1. The lowest BCUT2D eigenvalue weighted by atomic mass is 9.91. The average molecular weight is 225 g/mol. The second kappa shape index (κ2) is 4.18. The van der Waals surface area contributed by atoms with Crippen molar-refractivity contribution in [2.24, 2.45) is 5.92 Å². The molecule has 3 N–H and O–H groups in total. The van der Waals surface area contributed by atoms with Crippen LogP contribution in [0.5, 0.6) is 0 Å². The van der Waals surface area contributed by atoms with Gasteiger partial charge in [-0.15, -0.1) is 11.3 Å². The van der Waals surface area contributed by atoms with Gasteiger partial charge in [-0.05, 0) is 25.2 Å². The SMILES string of the molecule is CC(=O)NCC1CCc2nc(N)sc2C1. The van der Waals surface area contributed by atoms with Crippen molar-refractivity contribution in [3.05, 3.63) is 10.6 Å². The number of hydrogen-bond donors (Lipinski definition) is 2. The third-order valence-electron chi connectivity index (χ3n) is 2.70. The van der Waals surface area contributed by atoms with Gasteiger partial charge in [0.05, 0.1) is 5.69 Å². The van der Waals surface area contributed by atoms with Crippen LogP contribution < -0.4 is 11.1 Å². The van der Waals surface area contributed by atoms with Crippen molar-refractivity contribution >= 4 is 22.4 Å².